The van der Waals surface area contributed by atoms with E-state index in [1.807, 2.05) is 31.3 Å². The molecule has 112 valence electrons. The van der Waals surface area contributed by atoms with Crippen molar-refractivity contribution in [2.75, 3.05) is 6.54 Å². The maximum atomic E-state index is 4.21. The van der Waals surface area contributed by atoms with Gasteiger partial charge in [-0.3, -0.25) is 4.98 Å². The predicted molar refractivity (Wildman–Crippen MR) is 93.0 cm³/mol. The third-order valence-electron chi connectivity index (χ3n) is 4.24. The van der Waals surface area contributed by atoms with Gasteiger partial charge < -0.3 is 5.32 Å². The highest BCUT2D eigenvalue weighted by molar-refractivity contribution is 5.83. The van der Waals surface area contributed by atoms with Crippen molar-refractivity contribution in [2.24, 2.45) is 0 Å². The lowest BCUT2D eigenvalue weighted by Crippen LogP contribution is -2.27. The summed E-state index contributed by atoms with van der Waals surface area (Å²) in [6.07, 6.45) is 3.03. The maximum Gasteiger partial charge on any atom is 0.0450 e. The summed E-state index contributed by atoms with van der Waals surface area (Å²) in [5.41, 5.74) is 4.08. The second-order valence-corrected chi connectivity index (χ2v) is 5.74. The van der Waals surface area contributed by atoms with E-state index in [1.165, 1.54) is 28.3 Å². The Bertz CT molecular complexity index is 759. The van der Waals surface area contributed by atoms with Crippen molar-refractivity contribution < 1.29 is 0 Å². The molecule has 2 nitrogen and oxygen atoms in total. The Morgan fingerprint density at radius 1 is 1.00 bits per heavy atom. The second kappa shape index (κ2) is 6.71. The van der Waals surface area contributed by atoms with Gasteiger partial charge in [-0.05, 0) is 49.4 Å². The fourth-order valence-corrected chi connectivity index (χ4v) is 2.99. The molecule has 0 aliphatic carbocycles. The molecular weight excluding hydrogens is 268 g/mol. The van der Waals surface area contributed by atoms with Gasteiger partial charge in [-0.15, -0.1) is 0 Å². The Hall–Kier alpha value is -2.19. The minimum absolute atomic E-state index is 0.542. The summed E-state index contributed by atoms with van der Waals surface area (Å²) in [4.78, 5) is 4.21. The van der Waals surface area contributed by atoms with Crippen LogP contribution in [0.25, 0.3) is 10.8 Å². The summed E-state index contributed by atoms with van der Waals surface area (Å²) >= 11 is 0. The summed E-state index contributed by atoms with van der Waals surface area (Å²) in [5, 5.41) is 5.95. The molecule has 0 spiro atoms. The van der Waals surface area contributed by atoms with E-state index in [2.05, 4.69) is 53.6 Å². The number of nitrogens with zero attached hydrogens (tertiary/aromatic N) is 1. The molecule has 1 atom stereocenters. The van der Waals surface area contributed by atoms with Crippen molar-refractivity contribution >= 4 is 10.8 Å². The van der Waals surface area contributed by atoms with Crippen LogP contribution in [0, 0.1) is 6.92 Å². The van der Waals surface area contributed by atoms with Gasteiger partial charge in [0.05, 0.1) is 0 Å². The zero-order valence-electron chi connectivity index (χ0n) is 13.2. The van der Waals surface area contributed by atoms with E-state index >= 15 is 0 Å². The van der Waals surface area contributed by atoms with Gasteiger partial charge in [-0.2, -0.15) is 0 Å². The van der Waals surface area contributed by atoms with Crippen LogP contribution in [0.5, 0.6) is 0 Å². The Kier molecular flexibility index (Phi) is 4.50. The molecule has 0 fully saturated rings. The average Bonchev–Trinajstić information content (AvgIpc) is 2.57. The van der Waals surface area contributed by atoms with Gasteiger partial charge in [0, 0.05) is 23.3 Å². The van der Waals surface area contributed by atoms with Crippen LogP contribution in [-0.4, -0.2) is 11.5 Å². The number of rotatable bonds is 0. The highest BCUT2D eigenvalue weighted by Crippen LogP contribution is 2.21. The molecule has 1 aliphatic rings. The Morgan fingerprint density at radius 3 is 2.59 bits per heavy atom. The summed E-state index contributed by atoms with van der Waals surface area (Å²) in [6.45, 7) is 5.37. The number of aromatic nitrogens is 1. The Morgan fingerprint density at radius 2 is 1.77 bits per heavy atom. The molecule has 4 rings (SSSR count). The average molecular weight is 290 g/mol. The first-order chi connectivity index (χ1) is 10.8. The van der Waals surface area contributed by atoms with E-state index < -0.39 is 0 Å². The third kappa shape index (κ3) is 3.18. The molecule has 2 aromatic carbocycles. The number of benzene rings is 2. The van der Waals surface area contributed by atoms with Crippen molar-refractivity contribution in [1.29, 1.82) is 0 Å². The van der Waals surface area contributed by atoms with Gasteiger partial charge in [-0.25, -0.2) is 0 Å². The SMILES string of the molecule is CC1NCCc2ccccc21.Cc1nccc2ccccc12. The van der Waals surface area contributed by atoms with Crippen molar-refractivity contribution in [2.45, 2.75) is 26.3 Å². The van der Waals surface area contributed by atoms with Crippen LogP contribution in [-0.2, 0) is 6.42 Å². The summed E-state index contributed by atoms with van der Waals surface area (Å²) in [5.74, 6) is 0. The number of aryl methyl sites for hydroxylation is 1. The minimum Gasteiger partial charge on any atom is -0.310 e. The standard InChI is InChI=1S/C10H13N.C10H9N/c2*1-8-10-5-3-2-4-9(10)6-7-11-8/h2-5,8,11H,6-7H2,1H3;2-7H,1H3. The molecule has 0 radical (unpaired) electrons. The van der Waals surface area contributed by atoms with Crippen molar-refractivity contribution in [3.05, 3.63) is 77.6 Å². The molecule has 1 N–H and O–H groups in total. The van der Waals surface area contributed by atoms with Crippen molar-refractivity contribution in [1.82, 2.24) is 10.3 Å². The highest BCUT2D eigenvalue weighted by Gasteiger charge is 2.13. The number of hydrogen-bond donors (Lipinski definition) is 1. The van der Waals surface area contributed by atoms with E-state index in [9.17, 15) is 0 Å². The van der Waals surface area contributed by atoms with Gasteiger partial charge in [0.2, 0.25) is 0 Å². The lowest BCUT2D eigenvalue weighted by Gasteiger charge is -2.23. The van der Waals surface area contributed by atoms with Crippen molar-refractivity contribution in [3.8, 4) is 0 Å². The van der Waals surface area contributed by atoms with Crippen LogP contribution in [0.1, 0.15) is 29.8 Å². The van der Waals surface area contributed by atoms with E-state index in [-0.39, 0.29) is 0 Å². The van der Waals surface area contributed by atoms with E-state index in [4.69, 9.17) is 0 Å². The van der Waals surface area contributed by atoms with Crippen LogP contribution in [0.3, 0.4) is 0 Å². The van der Waals surface area contributed by atoms with Gasteiger partial charge in [0.25, 0.3) is 0 Å². The molecule has 3 aromatic rings. The normalized spacial score (nSPS) is 16.5. The maximum absolute atomic E-state index is 4.21. The topological polar surface area (TPSA) is 24.9 Å². The van der Waals surface area contributed by atoms with Crippen LogP contribution in [0.15, 0.2) is 60.8 Å². The first-order valence-corrected chi connectivity index (χ1v) is 7.87. The van der Waals surface area contributed by atoms with Crippen LogP contribution >= 0.6 is 0 Å². The molecule has 0 amide bonds. The molecular formula is C20H22N2. The number of fused-ring (bicyclic) bond motifs is 2. The van der Waals surface area contributed by atoms with E-state index in [0.717, 1.165) is 12.2 Å². The van der Waals surface area contributed by atoms with Crippen LogP contribution in [0.4, 0.5) is 0 Å². The number of nitrogens with one attached hydrogen (secondary N) is 1. The molecule has 1 aromatic heterocycles. The Labute approximate surface area is 132 Å². The zero-order valence-corrected chi connectivity index (χ0v) is 13.2. The van der Waals surface area contributed by atoms with Gasteiger partial charge in [0.15, 0.2) is 0 Å². The lowest BCUT2D eigenvalue weighted by molar-refractivity contribution is 0.541. The smallest absolute Gasteiger partial charge is 0.0450 e. The first-order valence-electron chi connectivity index (χ1n) is 7.87. The molecule has 1 unspecified atom stereocenters. The predicted octanol–water partition coefficient (Wildman–Crippen LogP) is 4.44. The Balaban J connectivity index is 0.000000131. The molecule has 22 heavy (non-hydrogen) atoms. The lowest BCUT2D eigenvalue weighted by atomic mass is 9.96. The van der Waals surface area contributed by atoms with Crippen LogP contribution < -0.4 is 5.32 Å². The summed E-state index contributed by atoms with van der Waals surface area (Å²) in [6, 6.07) is 19.5. The molecule has 2 heteroatoms. The van der Waals surface area contributed by atoms with Gasteiger partial charge >= 0.3 is 0 Å². The van der Waals surface area contributed by atoms with Crippen LogP contribution in [0.2, 0.25) is 0 Å². The van der Waals surface area contributed by atoms with Gasteiger partial charge in [-0.1, -0.05) is 48.5 Å². The largest absolute Gasteiger partial charge is 0.310 e. The molecule has 2 heterocycles. The minimum atomic E-state index is 0.542. The quantitative estimate of drug-likeness (QED) is 0.662. The summed E-state index contributed by atoms with van der Waals surface area (Å²) < 4.78 is 0. The third-order valence-corrected chi connectivity index (χ3v) is 4.24. The summed E-state index contributed by atoms with van der Waals surface area (Å²) in [7, 11) is 0. The van der Waals surface area contributed by atoms with Crippen molar-refractivity contribution in [3.63, 3.8) is 0 Å². The van der Waals surface area contributed by atoms with Gasteiger partial charge in [0.1, 0.15) is 0 Å². The first kappa shape index (κ1) is 14.7. The monoisotopic (exact) mass is 290 g/mol. The fourth-order valence-electron chi connectivity index (χ4n) is 2.99. The number of hydrogen-bond acceptors (Lipinski definition) is 2. The molecule has 0 saturated carbocycles. The molecule has 0 bridgehead atoms. The van der Waals surface area contributed by atoms with E-state index in [0.29, 0.717) is 6.04 Å². The highest BCUT2D eigenvalue weighted by atomic mass is 14.9. The fraction of sp³-hybridized carbons (Fsp3) is 0.250. The molecule has 0 saturated heterocycles. The molecule has 1 aliphatic heterocycles. The zero-order chi connectivity index (χ0) is 15.4. The second-order valence-electron chi connectivity index (χ2n) is 5.74. The van der Waals surface area contributed by atoms with E-state index in [1.54, 1.807) is 0 Å². The number of pyridine rings is 1.